The van der Waals surface area contributed by atoms with Gasteiger partial charge in [0.2, 0.25) is 0 Å². The second-order valence-electron chi connectivity index (χ2n) is 7.25. The number of likely N-dealkylation sites (tertiary alicyclic amines) is 1. The van der Waals surface area contributed by atoms with Gasteiger partial charge < -0.3 is 19.4 Å². The normalized spacial score (nSPS) is 21.5. The van der Waals surface area contributed by atoms with Crippen molar-refractivity contribution in [3.05, 3.63) is 35.9 Å². The van der Waals surface area contributed by atoms with Crippen LogP contribution < -0.4 is 0 Å². The van der Waals surface area contributed by atoms with Crippen molar-refractivity contribution in [2.24, 2.45) is 0 Å². The minimum Gasteiger partial charge on any atom is -0.353 e. The fourth-order valence-corrected chi connectivity index (χ4v) is 3.74. The Hall–Kier alpha value is -2.94. The van der Waals surface area contributed by atoms with Crippen LogP contribution in [-0.2, 0) is 19.2 Å². The molecule has 9 heteroatoms. The summed E-state index contributed by atoms with van der Waals surface area (Å²) in [5.41, 5.74) is 0.129. The molecule has 3 fully saturated rings. The summed E-state index contributed by atoms with van der Waals surface area (Å²) in [5, 5.41) is 0.555. The predicted molar refractivity (Wildman–Crippen MR) is 94.5 cm³/mol. The molecule has 0 radical (unpaired) electrons. The molecule has 4 amide bonds. The Kier molecular flexibility index (Phi) is 4.76. The van der Waals surface area contributed by atoms with Gasteiger partial charge in [-0.05, 0) is 25.0 Å². The zero-order chi connectivity index (χ0) is 19.7. The number of benzene rings is 1. The van der Waals surface area contributed by atoms with Crippen LogP contribution in [0.25, 0.3) is 0 Å². The van der Waals surface area contributed by atoms with Gasteiger partial charge in [0.25, 0.3) is 17.7 Å². The van der Waals surface area contributed by atoms with Crippen LogP contribution in [0.4, 0.5) is 4.79 Å². The first-order valence-corrected chi connectivity index (χ1v) is 9.28. The van der Waals surface area contributed by atoms with Gasteiger partial charge in [-0.25, -0.2) is 4.79 Å². The number of nitrogens with zero attached hydrogens (tertiary/aromatic N) is 3. The molecular formula is C19H21N3O6. The molecular weight excluding hydrogens is 366 g/mol. The minimum atomic E-state index is -0.714. The number of piperidine rings is 1. The molecule has 148 valence electrons. The average molecular weight is 387 g/mol. The molecule has 3 aliphatic rings. The molecule has 0 aliphatic carbocycles. The number of carbonyl (C=O) groups excluding carboxylic acids is 4. The molecule has 1 aromatic carbocycles. The van der Waals surface area contributed by atoms with E-state index < -0.39 is 23.5 Å². The standard InChI is InChI=1S/C19H21N3O6/c23-15-6-7-16(24)22(15)28-18(26)20-10-8-19(9-11-20)12-21(13-27-19)17(25)14-4-2-1-3-5-14/h1-5H,6-13H2. The van der Waals surface area contributed by atoms with Gasteiger partial charge in [-0.1, -0.05) is 18.2 Å². The highest BCUT2D eigenvalue weighted by Gasteiger charge is 2.45. The fraction of sp³-hybridized carbons (Fsp3) is 0.474. The molecule has 28 heavy (non-hydrogen) atoms. The number of imide groups is 1. The van der Waals surface area contributed by atoms with Crippen LogP contribution in [-0.4, -0.2) is 70.6 Å². The maximum absolute atomic E-state index is 12.6. The zero-order valence-corrected chi connectivity index (χ0v) is 15.3. The topological polar surface area (TPSA) is 96.5 Å². The average Bonchev–Trinajstić information content (AvgIpc) is 3.27. The molecule has 0 bridgehead atoms. The Morgan fingerprint density at radius 3 is 2.25 bits per heavy atom. The number of ether oxygens (including phenoxy) is 1. The van der Waals surface area contributed by atoms with Crippen molar-refractivity contribution in [2.75, 3.05) is 26.4 Å². The molecule has 4 rings (SSSR count). The lowest BCUT2D eigenvalue weighted by molar-refractivity contribution is -0.174. The molecule has 0 N–H and O–H groups in total. The van der Waals surface area contributed by atoms with E-state index in [0.29, 0.717) is 43.1 Å². The second-order valence-corrected chi connectivity index (χ2v) is 7.25. The maximum atomic E-state index is 12.6. The number of carbonyl (C=O) groups is 4. The van der Waals surface area contributed by atoms with Crippen molar-refractivity contribution in [2.45, 2.75) is 31.3 Å². The Morgan fingerprint density at radius 1 is 0.964 bits per heavy atom. The van der Waals surface area contributed by atoms with Crippen molar-refractivity contribution < 1.29 is 28.8 Å². The van der Waals surface area contributed by atoms with E-state index >= 15 is 0 Å². The number of hydrogen-bond acceptors (Lipinski definition) is 6. The minimum absolute atomic E-state index is 0.0638. The third-order valence-corrected chi connectivity index (χ3v) is 5.42. The Balaban J connectivity index is 1.31. The van der Waals surface area contributed by atoms with Gasteiger partial charge in [0, 0.05) is 31.5 Å². The van der Waals surface area contributed by atoms with E-state index in [1.54, 1.807) is 17.0 Å². The molecule has 0 saturated carbocycles. The van der Waals surface area contributed by atoms with Gasteiger partial charge in [0.05, 0.1) is 12.1 Å². The lowest BCUT2D eigenvalue weighted by Crippen LogP contribution is -2.50. The van der Waals surface area contributed by atoms with E-state index in [9.17, 15) is 19.2 Å². The maximum Gasteiger partial charge on any atom is 0.434 e. The fourth-order valence-electron chi connectivity index (χ4n) is 3.74. The lowest BCUT2D eigenvalue weighted by atomic mass is 9.91. The van der Waals surface area contributed by atoms with Gasteiger partial charge in [-0.3, -0.25) is 14.4 Å². The quantitative estimate of drug-likeness (QED) is 0.707. The summed E-state index contributed by atoms with van der Waals surface area (Å²) in [6.07, 6.45) is 0.502. The third kappa shape index (κ3) is 3.45. The van der Waals surface area contributed by atoms with E-state index in [1.807, 2.05) is 18.2 Å². The molecule has 1 aromatic rings. The van der Waals surface area contributed by atoms with E-state index in [4.69, 9.17) is 9.57 Å². The van der Waals surface area contributed by atoms with Crippen molar-refractivity contribution in [3.8, 4) is 0 Å². The first kappa shape index (κ1) is 18.4. The van der Waals surface area contributed by atoms with Gasteiger partial charge >= 0.3 is 6.09 Å². The van der Waals surface area contributed by atoms with Gasteiger partial charge in [0.1, 0.15) is 6.73 Å². The van der Waals surface area contributed by atoms with E-state index in [0.717, 1.165) is 0 Å². The molecule has 3 heterocycles. The van der Waals surface area contributed by atoms with Crippen LogP contribution in [0.2, 0.25) is 0 Å². The lowest BCUT2D eigenvalue weighted by Gasteiger charge is -2.37. The molecule has 9 nitrogen and oxygen atoms in total. The van der Waals surface area contributed by atoms with Crippen molar-refractivity contribution in [1.29, 1.82) is 0 Å². The molecule has 0 aromatic heterocycles. The van der Waals surface area contributed by atoms with Crippen molar-refractivity contribution in [1.82, 2.24) is 14.9 Å². The smallest absolute Gasteiger partial charge is 0.353 e. The Labute approximate surface area is 161 Å². The number of hydroxylamine groups is 2. The van der Waals surface area contributed by atoms with Crippen LogP contribution in [0, 0.1) is 0 Å². The summed E-state index contributed by atoms with van der Waals surface area (Å²) in [4.78, 5) is 56.1. The van der Waals surface area contributed by atoms with Crippen LogP contribution in [0.5, 0.6) is 0 Å². The highest BCUT2D eigenvalue weighted by molar-refractivity contribution is 6.01. The monoisotopic (exact) mass is 387 g/mol. The molecule has 1 spiro atoms. The first-order valence-electron chi connectivity index (χ1n) is 9.28. The number of amides is 4. The summed E-state index contributed by atoms with van der Waals surface area (Å²) < 4.78 is 5.94. The Morgan fingerprint density at radius 2 is 1.61 bits per heavy atom. The second kappa shape index (κ2) is 7.23. The van der Waals surface area contributed by atoms with E-state index in [2.05, 4.69) is 0 Å². The largest absolute Gasteiger partial charge is 0.434 e. The molecule has 3 aliphatic heterocycles. The third-order valence-electron chi connectivity index (χ3n) is 5.42. The van der Waals surface area contributed by atoms with Gasteiger partial charge in [-0.15, -0.1) is 5.06 Å². The van der Waals surface area contributed by atoms with E-state index in [-0.39, 0.29) is 25.5 Å². The summed E-state index contributed by atoms with van der Waals surface area (Å²) in [5.74, 6) is -1.08. The van der Waals surface area contributed by atoms with Gasteiger partial charge in [0.15, 0.2) is 0 Å². The number of hydrogen-bond donors (Lipinski definition) is 0. The van der Waals surface area contributed by atoms with Crippen LogP contribution >= 0.6 is 0 Å². The zero-order valence-electron chi connectivity index (χ0n) is 15.3. The highest BCUT2D eigenvalue weighted by atomic mass is 16.7. The van der Waals surface area contributed by atoms with Crippen LogP contribution in [0.15, 0.2) is 30.3 Å². The summed E-state index contributed by atoms with van der Waals surface area (Å²) >= 11 is 0. The summed E-state index contributed by atoms with van der Waals surface area (Å²) in [7, 11) is 0. The summed E-state index contributed by atoms with van der Waals surface area (Å²) in [6.45, 7) is 1.41. The molecule has 3 saturated heterocycles. The Bertz CT molecular complexity index is 787. The number of rotatable bonds is 2. The van der Waals surface area contributed by atoms with Crippen LogP contribution in [0.3, 0.4) is 0 Å². The van der Waals surface area contributed by atoms with Crippen molar-refractivity contribution in [3.63, 3.8) is 0 Å². The summed E-state index contributed by atoms with van der Waals surface area (Å²) in [6, 6.07) is 9.04. The van der Waals surface area contributed by atoms with Gasteiger partial charge in [-0.2, -0.15) is 0 Å². The SMILES string of the molecule is O=C(ON1C(=O)CCC1=O)N1CCC2(CC1)CN(C(=O)c1ccccc1)CO2. The van der Waals surface area contributed by atoms with Crippen LogP contribution in [0.1, 0.15) is 36.0 Å². The molecule has 0 atom stereocenters. The molecule has 0 unspecified atom stereocenters. The first-order chi connectivity index (χ1) is 13.5. The highest BCUT2D eigenvalue weighted by Crippen LogP contribution is 2.33. The predicted octanol–water partition coefficient (Wildman–Crippen LogP) is 1.15. The van der Waals surface area contributed by atoms with E-state index in [1.165, 1.54) is 4.90 Å². The van der Waals surface area contributed by atoms with Crippen molar-refractivity contribution >= 4 is 23.8 Å².